The fourth-order valence-electron chi connectivity index (χ4n) is 2.11. The molecule has 0 atom stereocenters. The SMILES string of the molecule is CC(C)Oc1cccc(-n2ccnc2CCN)c1[N+](=O)[O-]. The Bertz CT molecular complexity index is 637. The van der Waals surface area contributed by atoms with Crippen LogP contribution < -0.4 is 10.5 Å². The molecule has 0 aliphatic heterocycles. The molecule has 0 radical (unpaired) electrons. The normalized spacial score (nSPS) is 10.9. The molecule has 0 aliphatic rings. The number of hydrogen-bond donors (Lipinski definition) is 1. The molecule has 7 heteroatoms. The molecule has 21 heavy (non-hydrogen) atoms. The van der Waals surface area contributed by atoms with E-state index in [1.807, 2.05) is 13.8 Å². The highest BCUT2D eigenvalue weighted by Gasteiger charge is 2.24. The molecule has 0 spiro atoms. The fraction of sp³-hybridized carbons (Fsp3) is 0.357. The van der Waals surface area contributed by atoms with Gasteiger partial charge in [0.05, 0.1) is 11.0 Å². The molecule has 0 bridgehead atoms. The van der Waals surface area contributed by atoms with Crippen molar-refractivity contribution in [2.24, 2.45) is 5.73 Å². The third kappa shape index (κ3) is 3.19. The van der Waals surface area contributed by atoms with Crippen LogP contribution in [0.5, 0.6) is 5.75 Å². The first-order valence-electron chi connectivity index (χ1n) is 6.71. The van der Waals surface area contributed by atoms with Crippen molar-refractivity contribution >= 4 is 5.69 Å². The van der Waals surface area contributed by atoms with E-state index in [2.05, 4.69) is 4.98 Å². The van der Waals surface area contributed by atoms with Crippen molar-refractivity contribution in [1.29, 1.82) is 0 Å². The second-order valence-electron chi connectivity index (χ2n) is 4.80. The molecule has 0 saturated heterocycles. The van der Waals surface area contributed by atoms with Crippen molar-refractivity contribution in [3.05, 3.63) is 46.5 Å². The summed E-state index contributed by atoms with van der Waals surface area (Å²) in [6.45, 7) is 4.08. The number of nitrogens with zero attached hydrogens (tertiary/aromatic N) is 3. The van der Waals surface area contributed by atoms with E-state index < -0.39 is 4.92 Å². The van der Waals surface area contributed by atoms with E-state index in [-0.39, 0.29) is 17.5 Å². The minimum atomic E-state index is -0.431. The van der Waals surface area contributed by atoms with Gasteiger partial charge in [0.15, 0.2) is 5.75 Å². The van der Waals surface area contributed by atoms with Gasteiger partial charge in [0.25, 0.3) is 0 Å². The summed E-state index contributed by atoms with van der Waals surface area (Å²) < 4.78 is 7.22. The Hall–Kier alpha value is -2.41. The Labute approximate surface area is 122 Å². The fourth-order valence-corrected chi connectivity index (χ4v) is 2.11. The number of para-hydroxylation sites is 1. The van der Waals surface area contributed by atoms with E-state index in [0.717, 1.165) is 0 Å². The van der Waals surface area contributed by atoms with Crippen molar-refractivity contribution in [3.63, 3.8) is 0 Å². The first kappa shape index (κ1) is 15.0. The standard InChI is InChI=1S/C14H18N4O3/c1-10(2)21-12-5-3-4-11(14(12)18(19)20)17-9-8-16-13(17)6-7-15/h3-5,8-10H,6-7,15H2,1-2H3. The first-order chi connectivity index (χ1) is 10.0. The molecule has 112 valence electrons. The summed E-state index contributed by atoms with van der Waals surface area (Å²) in [4.78, 5) is 15.2. The topological polar surface area (TPSA) is 96.2 Å². The van der Waals surface area contributed by atoms with E-state index in [4.69, 9.17) is 10.5 Å². The lowest BCUT2D eigenvalue weighted by atomic mass is 10.2. The second-order valence-corrected chi connectivity index (χ2v) is 4.80. The van der Waals surface area contributed by atoms with Gasteiger partial charge >= 0.3 is 5.69 Å². The highest BCUT2D eigenvalue weighted by molar-refractivity contribution is 5.62. The van der Waals surface area contributed by atoms with Crippen LogP contribution in [-0.2, 0) is 6.42 Å². The number of nitrogens with two attached hydrogens (primary N) is 1. The molecule has 0 unspecified atom stereocenters. The van der Waals surface area contributed by atoms with E-state index in [0.29, 0.717) is 24.5 Å². The molecule has 0 aliphatic carbocycles. The Morgan fingerprint density at radius 2 is 2.24 bits per heavy atom. The summed E-state index contributed by atoms with van der Waals surface area (Å²) in [5, 5.41) is 11.5. The van der Waals surface area contributed by atoms with Crippen molar-refractivity contribution in [1.82, 2.24) is 9.55 Å². The lowest BCUT2D eigenvalue weighted by molar-refractivity contribution is -0.385. The number of aromatic nitrogens is 2. The summed E-state index contributed by atoms with van der Waals surface area (Å²) in [5.41, 5.74) is 5.91. The van der Waals surface area contributed by atoms with E-state index in [1.54, 1.807) is 35.2 Å². The summed E-state index contributed by atoms with van der Waals surface area (Å²) >= 11 is 0. The molecule has 2 rings (SSSR count). The Balaban J connectivity index is 2.57. The van der Waals surface area contributed by atoms with E-state index in [9.17, 15) is 10.1 Å². The van der Waals surface area contributed by atoms with Crippen LogP contribution in [-0.4, -0.2) is 27.1 Å². The van der Waals surface area contributed by atoms with Gasteiger partial charge in [-0.25, -0.2) is 4.98 Å². The number of nitro groups is 1. The van der Waals surface area contributed by atoms with E-state index in [1.165, 1.54) is 0 Å². The Morgan fingerprint density at radius 1 is 1.48 bits per heavy atom. The Morgan fingerprint density at radius 3 is 2.86 bits per heavy atom. The van der Waals surface area contributed by atoms with Gasteiger partial charge in [0.2, 0.25) is 0 Å². The third-order valence-electron chi connectivity index (χ3n) is 2.87. The molecule has 1 heterocycles. The number of nitro benzene ring substituents is 1. The monoisotopic (exact) mass is 290 g/mol. The number of imidazole rings is 1. The number of benzene rings is 1. The summed E-state index contributed by atoms with van der Waals surface area (Å²) in [6, 6.07) is 5.00. The molecule has 0 fully saturated rings. The predicted octanol–water partition coefficient (Wildman–Crippen LogP) is 2.07. The first-order valence-corrected chi connectivity index (χ1v) is 6.71. The van der Waals surface area contributed by atoms with Gasteiger partial charge < -0.3 is 10.5 Å². The molecule has 2 N–H and O–H groups in total. The van der Waals surface area contributed by atoms with Crippen molar-refractivity contribution < 1.29 is 9.66 Å². The molecule has 1 aromatic carbocycles. The van der Waals surface area contributed by atoms with Gasteiger partial charge in [-0.05, 0) is 32.5 Å². The van der Waals surface area contributed by atoms with Gasteiger partial charge in [-0.3, -0.25) is 14.7 Å². The van der Waals surface area contributed by atoms with Gasteiger partial charge in [0, 0.05) is 18.8 Å². The zero-order chi connectivity index (χ0) is 15.4. The lowest BCUT2D eigenvalue weighted by Crippen LogP contribution is -2.12. The molecular formula is C14H18N4O3. The molecule has 0 saturated carbocycles. The van der Waals surface area contributed by atoms with Gasteiger partial charge in [-0.1, -0.05) is 6.07 Å². The maximum Gasteiger partial charge on any atom is 0.334 e. The molecule has 2 aromatic rings. The maximum atomic E-state index is 11.5. The predicted molar refractivity (Wildman–Crippen MR) is 78.7 cm³/mol. The average Bonchev–Trinajstić information content (AvgIpc) is 2.86. The van der Waals surface area contributed by atoms with Crippen LogP contribution in [0.3, 0.4) is 0 Å². The third-order valence-corrected chi connectivity index (χ3v) is 2.87. The lowest BCUT2D eigenvalue weighted by Gasteiger charge is -2.13. The number of hydrogen-bond acceptors (Lipinski definition) is 5. The second kappa shape index (κ2) is 6.36. The van der Waals surface area contributed by atoms with Crippen molar-refractivity contribution in [3.8, 4) is 11.4 Å². The highest BCUT2D eigenvalue weighted by Crippen LogP contribution is 2.34. The van der Waals surface area contributed by atoms with Crippen LogP contribution >= 0.6 is 0 Å². The molecular weight excluding hydrogens is 272 g/mol. The largest absolute Gasteiger partial charge is 0.484 e. The van der Waals surface area contributed by atoms with Crippen LogP contribution in [0.25, 0.3) is 5.69 Å². The highest BCUT2D eigenvalue weighted by atomic mass is 16.6. The summed E-state index contributed by atoms with van der Waals surface area (Å²) in [5.74, 6) is 0.933. The zero-order valence-electron chi connectivity index (χ0n) is 12.0. The van der Waals surface area contributed by atoms with Crippen molar-refractivity contribution in [2.75, 3.05) is 6.54 Å². The average molecular weight is 290 g/mol. The molecule has 7 nitrogen and oxygen atoms in total. The van der Waals surface area contributed by atoms with Crippen LogP contribution in [0.15, 0.2) is 30.6 Å². The van der Waals surface area contributed by atoms with Gasteiger partial charge in [-0.15, -0.1) is 0 Å². The quantitative estimate of drug-likeness (QED) is 0.649. The molecule has 1 aromatic heterocycles. The zero-order valence-corrected chi connectivity index (χ0v) is 12.0. The molecule has 0 amide bonds. The van der Waals surface area contributed by atoms with Crippen molar-refractivity contribution in [2.45, 2.75) is 26.4 Å². The number of ether oxygens (including phenoxy) is 1. The van der Waals surface area contributed by atoms with Gasteiger partial charge in [-0.2, -0.15) is 0 Å². The summed E-state index contributed by atoms with van der Waals surface area (Å²) in [7, 11) is 0. The van der Waals surface area contributed by atoms with E-state index >= 15 is 0 Å². The Kier molecular flexibility index (Phi) is 4.54. The minimum absolute atomic E-state index is 0.0672. The van der Waals surface area contributed by atoms with Gasteiger partial charge in [0.1, 0.15) is 11.5 Å². The van der Waals surface area contributed by atoms with Crippen LogP contribution in [0, 0.1) is 10.1 Å². The summed E-state index contributed by atoms with van der Waals surface area (Å²) in [6.07, 6.45) is 3.68. The van der Waals surface area contributed by atoms with Crippen LogP contribution in [0.1, 0.15) is 19.7 Å². The smallest absolute Gasteiger partial charge is 0.334 e. The number of rotatable bonds is 6. The minimum Gasteiger partial charge on any atom is -0.484 e. The van der Waals surface area contributed by atoms with Crippen LogP contribution in [0.2, 0.25) is 0 Å². The van der Waals surface area contributed by atoms with Crippen LogP contribution in [0.4, 0.5) is 5.69 Å². The maximum absolute atomic E-state index is 11.5.